The fraction of sp³-hybridized carbons (Fsp3) is 0.250. The molecule has 2 rings (SSSR count). The van der Waals surface area contributed by atoms with Gasteiger partial charge < -0.3 is 5.32 Å². The molecule has 0 unspecified atom stereocenters. The van der Waals surface area contributed by atoms with E-state index in [9.17, 15) is 0 Å². The lowest BCUT2D eigenvalue weighted by atomic mass is 10.1. The fourth-order valence-corrected chi connectivity index (χ4v) is 1.47. The first-order valence-electron chi connectivity index (χ1n) is 5.16. The number of nitrogens with zero attached hydrogens (tertiary/aromatic N) is 1. The number of aryl methyl sites for hydroxylation is 1. The number of rotatable bonds is 3. The summed E-state index contributed by atoms with van der Waals surface area (Å²) in [5.41, 5.74) is 3.48. The van der Waals surface area contributed by atoms with Crippen LogP contribution in [-0.2, 0) is 0 Å². The molecule has 1 aromatic carbocycles. The SMILES string of the molecule is CCNc1cc(-c2ccc(C)cc2)[nH]n1. The van der Waals surface area contributed by atoms with Gasteiger partial charge in [0.1, 0.15) is 5.82 Å². The van der Waals surface area contributed by atoms with Crippen LogP contribution in [0.15, 0.2) is 30.3 Å². The molecule has 0 spiro atoms. The van der Waals surface area contributed by atoms with Crippen LogP contribution in [0.5, 0.6) is 0 Å². The number of benzene rings is 1. The average Bonchev–Trinajstić information content (AvgIpc) is 2.68. The van der Waals surface area contributed by atoms with Crippen molar-refractivity contribution in [1.82, 2.24) is 10.2 Å². The Balaban J connectivity index is 2.25. The maximum absolute atomic E-state index is 4.17. The molecule has 3 nitrogen and oxygen atoms in total. The molecule has 0 aliphatic carbocycles. The molecule has 2 aromatic rings. The van der Waals surface area contributed by atoms with E-state index in [1.807, 2.05) is 6.07 Å². The third-order valence-electron chi connectivity index (χ3n) is 2.30. The summed E-state index contributed by atoms with van der Waals surface area (Å²) in [6.45, 7) is 5.03. The van der Waals surface area contributed by atoms with Crippen LogP contribution >= 0.6 is 0 Å². The molecule has 0 aliphatic rings. The van der Waals surface area contributed by atoms with E-state index in [4.69, 9.17) is 0 Å². The molecule has 78 valence electrons. The Labute approximate surface area is 89.5 Å². The topological polar surface area (TPSA) is 40.7 Å². The molecule has 0 radical (unpaired) electrons. The van der Waals surface area contributed by atoms with Gasteiger partial charge >= 0.3 is 0 Å². The zero-order chi connectivity index (χ0) is 10.7. The minimum absolute atomic E-state index is 0.887. The maximum Gasteiger partial charge on any atom is 0.148 e. The molecule has 15 heavy (non-hydrogen) atoms. The van der Waals surface area contributed by atoms with E-state index >= 15 is 0 Å². The smallest absolute Gasteiger partial charge is 0.148 e. The second-order valence-electron chi connectivity index (χ2n) is 3.56. The van der Waals surface area contributed by atoms with Gasteiger partial charge in [0.05, 0.1) is 5.69 Å². The van der Waals surface area contributed by atoms with Gasteiger partial charge in [0.2, 0.25) is 0 Å². The van der Waals surface area contributed by atoms with Crippen LogP contribution in [0, 0.1) is 6.92 Å². The highest BCUT2D eigenvalue weighted by molar-refractivity contribution is 5.62. The van der Waals surface area contributed by atoms with Gasteiger partial charge in [-0.3, -0.25) is 5.10 Å². The Bertz CT molecular complexity index is 428. The van der Waals surface area contributed by atoms with Crippen LogP contribution in [0.4, 0.5) is 5.82 Å². The second-order valence-corrected chi connectivity index (χ2v) is 3.56. The summed E-state index contributed by atoms with van der Waals surface area (Å²) in [7, 11) is 0. The van der Waals surface area contributed by atoms with Crippen molar-refractivity contribution in [3.05, 3.63) is 35.9 Å². The molecule has 0 fully saturated rings. The highest BCUT2D eigenvalue weighted by Gasteiger charge is 2.01. The molecule has 1 heterocycles. The highest BCUT2D eigenvalue weighted by Crippen LogP contribution is 2.19. The summed E-state index contributed by atoms with van der Waals surface area (Å²) in [5.74, 6) is 0.896. The monoisotopic (exact) mass is 201 g/mol. The van der Waals surface area contributed by atoms with Gasteiger partial charge in [0, 0.05) is 12.6 Å². The van der Waals surface area contributed by atoms with E-state index < -0.39 is 0 Å². The van der Waals surface area contributed by atoms with E-state index in [2.05, 4.69) is 53.6 Å². The minimum atomic E-state index is 0.887. The molecule has 0 atom stereocenters. The quantitative estimate of drug-likeness (QED) is 0.801. The predicted octanol–water partition coefficient (Wildman–Crippen LogP) is 2.82. The third-order valence-corrected chi connectivity index (χ3v) is 2.30. The van der Waals surface area contributed by atoms with Crippen LogP contribution in [0.1, 0.15) is 12.5 Å². The van der Waals surface area contributed by atoms with Crippen molar-refractivity contribution in [3.63, 3.8) is 0 Å². The minimum Gasteiger partial charge on any atom is -0.369 e. The number of anilines is 1. The normalized spacial score (nSPS) is 10.3. The van der Waals surface area contributed by atoms with Gasteiger partial charge in [-0.25, -0.2) is 0 Å². The molecule has 0 amide bonds. The lowest BCUT2D eigenvalue weighted by Crippen LogP contribution is -1.95. The molecule has 1 aromatic heterocycles. The maximum atomic E-state index is 4.17. The molecular weight excluding hydrogens is 186 g/mol. The van der Waals surface area contributed by atoms with E-state index in [0.717, 1.165) is 23.6 Å². The first-order valence-corrected chi connectivity index (χ1v) is 5.16. The van der Waals surface area contributed by atoms with Gasteiger partial charge in [-0.2, -0.15) is 5.10 Å². The van der Waals surface area contributed by atoms with Gasteiger partial charge in [-0.1, -0.05) is 29.8 Å². The molecular formula is C12H15N3. The fourth-order valence-electron chi connectivity index (χ4n) is 1.47. The lowest BCUT2D eigenvalue weighted by molar-refractivity contribution is 1.07. The number of nitrogens with one attached hydrogen (secondary N) is 2. The first kappa shape index (κ1) is 9.77. The average molecular weight is 201 g/mol. The molecule has 0 saturated heterocycles. The van der Waals surface area contributed by atoms with E-state index in [1.54, 1.807) is 0 Å². The Morgan fingerprint density at radius 3 is 2.67 bits per heavy atom. The number of aromatic amines is 1. The van der Waals surface area contributed by atoms with E-state index in [0.29, 0.717) is 0 Å². The predicted molar refractivity (Wildman–Crippen MR) is 62.9 cm³/mol. The Kier molecular flexibility index (Phi) is 2.72. The standard InChI is InChI=1S/C12H15N3/c1-3-13-12-8-11(14-15-12)10-6-4-9(2)5-7-10/h4-8H,3H2,1-2H3,(H2,13,14,15). The molecule has 2 N–H and O–H groups in total. The van der Waals surface area contributed by atoms with Crippen molar-refractivity contribution in [2.75, 3.05) is 11.9 Å². The largest absolute Gasteiger partial charge is 0.369 e. The summed E-state index contributed by atoms with van der Waals surface area (Å²) < 4.78 is 0. The Morgan fingerprint density at radius 2 is 2.00 bits per heavy atom. The number of aromatic nitrogens is 2. The number of H-pyrrole nitrogens is 1. The highest BCUT2D eigenvalue weighted by atomic mass is 15.2. The van der Waals surface area contributed by atoms with Gasteiger partial charge in [0.25, 0.3) is 0 Å². The number of hydrogen-bond acceptors (Lipinski definition) is 2. The summed E-state index contributed by atoms with van der Waals surface area (Å²) in [4.78, 5) is 0. The third kappa shape index (κ3) is 2.18. The molecule has 3 heteroatoms. The van der Waals surface area contributed by atoms with Crippen molar-refractivity contribution >= 4 is 5.82 Å². The van der Waals surface area contributed by atoms with E-state index in [-0.39, 0.29) is 0 Å². The van der Waals surface area contributed by atoms with Crippen molar-refractivity contribution < 1.29 is 0 Å². The van der Waals surface area contributed by atoms with Crippen LogP contribution in [0.2, 0.25) is 0 Å². The number of hydrogen-bond donors (Lipinski definition) is 2. The van der Waals surface area contributed by atoms with E-state index in [1.165, 1.54) is 5.56 Å². The van der Waals surface area contributed by atoms with Crippen LogP contribution in [0.25, 0.3) is 11.3 Å². The van der Waals surface area contributed by atoms with Crippen molar-refractivity contribution in [2.45, 2.75) is 13.8 Å². The lowest BCUT2D eigenvalue weighted by Gasteiger charge is -1.97. The summed E-state index contributed by atoms with van der Waals surface area (Å²) >= 11 is 0. The first-order chi connectivity index (χ1) is 7.29. The zero-order valence-corrected chi connectivity index (χ0v) is 9.04. The Morgan fingerprint density at radius 1 is 1.27 bits per heavy atom. The zero-order valence-electron chi connectivity index (χ0n) is 9.04. The van der Waals surface area contributed by atoms with Crippen molar-refractivity contribution in [1.29, 1.82) is 0 Å². The summed E-state index contributed by atoms with van der Waals surface area (Å²) in [6, 6.07) is 10.4. The molecule has 0 bridgehead atoms. The van der Waals surface area contributed by atoms with Gasteiger partial charge in [-0.05, 0) is 19.4 Å². The summed E-state index contributed by atoms with van der Waals surface area (Å²) in [5, 5.41) is 10.3. The van der Waals surface area contributed by atoms with Gasteiger partial charge in [0.15, 0.2) is 0 Å². The van der Waals surface area contributed by atoms with Gasteiger partial charge in [-0.15, -0.1) is 0 Å². The Hall–Kier alpha value is -1.77. The van der Waals surface area contributed by atoms with Crippen molar-refractivity contribution in [3.8, 4) is 11.3 Å². The molecule has 0 aliphatic heterocycles. The van der Waals surface area contributed by atoms with Crippen molar-refractivity contribution in [2.24, 2.45) is 0 Å². The van der Waals surface area contributed by atoms with Crippen LogP contribution in [-0.4, -0.2) is 16.7 Å². The molecule has 0 saturated carbocycles. The summed E-state index contributed by atoms with van der Waals surface area (Å²) in [6.07, 6.45) is 0. The van der Waals surface area contributed by atoms with Crippen LogP contribution < -0.4 is 5.32 Å². The second kappa shape index (κ2) is 4.17. The van der Waals surface area contributed by atoms with Crippen LogP contribution in [0.3, 0.4) is 0 Å².